The Hall–Kier alpha value is -3.48. The Morgan fingerprint density at radius 3 is 2.46 bits per heavy atom. The Morgan fingerprint density at radius 1 is 1.07 bits per heavy atom. The second-order valence-corrected chi connectivity index (χ2v) is 6.12. The molecule has 1 heterocycles. The van der Waals surface area contributed by atoms with Gasteiger partial charge < -0.3 is 10.1 Å². The van der Waals surface area contributed by atoms with E-state index in [1.54, 1.807) is 13.2 Å². The number of nitrogens with one attached hydrogen (secondary N) is 1. The number of hydrogen-bond acceptors (Lipinski definition) is 4. The van der Waals surface area contributed by atoms with E-state index in [4.69, 9.17) is 4.74 Å². The molecule has 0 aliphatic heterocycles. The number of amides is 1. The molecular formula is C21H20FN3O3. The van der Waals surface area contributed by atoms with Gasteiger partial charge in [-0.1, -0.05) is 0 Å². The normalized spacial score (nSPS) is 10.5. The fourth-order valence-electron chi connectivity index (χ4n) is 2.66. The quantitative estimate of drug-likeness (QED) is 0.639. The van der Waals surface area contributed by atoms with Crippen molar-refractivity contribution in [1.29, 1.82) is 0 Å². The zero-order valence-electron chi connectivity index (χ0n) is 15.4. The first-order valence-corrected chi connectivity index (χ1v) is 8.83. The van der Waals surface area contributed by atoms with Crippen LogP contribution >= 0.6 is 0 Å². The molecule has 3 aromatic rings. The number of benzene rings is 2. The van der Waals surface area contributed by atoms with Crippen LogP contribution in [-0.4, -0.2) is 29.3 Å². The minimum Gasteiger partial charge on any atom is -0.497 e. The van der Waals surface area contributed by atoms with Crippen molar-refractivity contribution in [3.05, 3.63) is 82.4 Å². The summed E-state index contributed by atoms with van der Waals surface area (Å²) in [5.74, 6) is 0.0694. The third-order valence-electron chi connectivity index (χ3n) is 4.19. The van der Waals surface area contributed by atoms with Crippen LogP contribution in [0.25, 0.3) is 11.3 Å². The Kier molecular flexibility index (Phi) is 6.16. The van der Waals surface area contributed by atoms with Crippen molar-refractivity contribution in [2.75, 3.05) is 13.7 Å². The highest BCUT2D eigenvalue weighted by molar-refractivity contribution is 5.94. The summed E-state index contributed by atoms with van der Waals surface area (Å²) in [6.45, 7) is 0.740. The van der Waals surface area contributed by atoms with E-state index < -0.39 is 5.82 Å². The van der Waals surface area contributed by atoms with Crippen molar-refractivity contribution in [3.63, 3.8) is 0 Å². The Morgan fingerprint density at radius 2 is 1.79 bits per heavy atom. The number of hydrogen-bond donors (Lipinski definition) is 1. The molecule has 1 amide bonds. The molecule has 144 valence electrons. The number of halogens is 1. The molecule has 0 saturated carbocycles. The second kappa shape index (κ2) is 8.94. The first kappa shape index (κ1) is 19.3. The number of aryl methyl sites for hydroxylation is 1. The highest BCUT2D eigenvalue weighted by Gasteiger charge is 2.06. The first-order chi connectivity index (χ1) is 13.6. The van der Waals surface area contributed by atoms with Crippen LogP contribution in [0.3, 0.4) is 0 Å². The number of ether oxygens (including phenoxy) is 1. The van der Waals surface area contributed by atoms with Gasteiger partial charge in [-0.2, -0.15) is 5.10 Å². The summed E-state index contributed by atoms with van der Waals surface area (Å²) in [6.07, 6.45) is 0.534. The van der Waals surface area contributed by atoms with E-state index in [1.807, 2.05) is 24.3 Å². The van der Waals surface area contributed by atoms with Gasteiger partial charge in [0.15, 0.2) is 0 Å². The van der Waals surface area contributed by atoms with Gasteiger partial charge in [0.1, 0.15) is 11.6 Å². The van der Waals surface area contributed by atoms with Crippen LogP contribution in [0.2, 0.25) is 0 Å². The maximum Gasteiger partial charge on any atom is 0.266 e. The average Bonchev–Trinajstić information content (AvgIpc) is 2.73. The van der Waals surface area contributed by atoms with Crippen LogP contribution in [-0.2, 0) is 6.54 Å². The van der Waals surface area contributed by atoms with Crippen LogP contribution in [0.15, 0.2) is 65.5 Å². The van der Waals surface area contributed by atoms with Crippen LogP contribution in [0, 0.1) is 5.82 Å². The van der Waals surface area contributed by atoms with Gasteiger partial charge in [-0.25, -0.2) is 9.07 Å². The minimum atomic E-state index is -0.390. The Labute approximate surface area is 161 Å². The number of aromatic nitrogens is 2. The molecule has 28 heavy (non-hydrogen) atoms. The lowest BCUT2D eigenvalue weighted by Gasteiger charge is -2.09. The molecule has 1 aromatic heterocycles. The summed E-state index contributed by atoms with van der Waals surface area (Å²) in [5, 5.41) is 7.14. The lowest BCUT2D eigenvalue weighted by molar-refractivity contribution is 0.0952. The van der Waals surface area contributed by atoms with E-state index in [-0.39, 0.29) is 11.5 Å². The van der Waals surface area contributed by atoms with E-state index in [0.717, 1.165) is 11.3 Å². The van der Waals surface area contributed by atoms with Crippen molar-refractivity contribution in [2.24, 2.45) is 0 Å². The molecule has 0 aliphatic carbocycles. The van der Waals surface area contributed by atoms with E-state index >= 15 is 0 Å². The van der Waals surface area contributed by atoms with Gasteiger partial charge in [-0.15, -0.1) is 0 Å². The van der Waals surface area contributed by atoms with E-state index in [0.29, 0.717) is 30.8 Å². The molecule has 3 rings (SSSR count). The monoisotopic (exact) mass is 381 g/mol. The maximum atomic E-state index is 12.9. The smallest absolute Gasteiger partial charge is 0.266 e. The highest BCUT2D eigenvalue weighted by atomic mass is 19.1. The maximum absolute atomic E-state index is 12.9. The minimum absolute atomic E-state index is 0.206. The van der Waals surface area contributed by atoms with Gasteiger partial charge in [0.05, 0.1) is 12.8 Å². The molecule has 7 heteroatoms. The van der Waals surface area contributed by atoms with Crippen molar-refractivity contribution in [2.45, 2.75) is 13.0 Å². The highest BCUT2D eigenvalue weighted by Crippen LogP contribution is 2.19. The lowest BCUT2D eigenvalue weighted by Crippen LogP contribution is -2.28. The largest absolute Gasteiger partial charge is 0.497 e. The number of rotatable bonds is 7. The summed E-state index contributed by atoms with van der Waals surface area (Å²) in [6, 6.07) is 15.9. The predicted octanol–water partition coefficient (Wildman–Crippen LogP) is 2.88. The molecule has 0 aliphatic rings. The van der Waals surface area contributed by atoms with E-state index in [1.165, 1.54) is 35.0 Å². The number of carbonyl (C=O) groups is 1. The van der Waals surface area contributed by atoms with Gasteiger partial charge in [0.25, 0.3) is 11.5 Å². The number of carbonyl (C=O) groups excluding carboxylic acids is 1. The fraction of sp³-hybridized carbons (Fsp3) is 0.190. The molecule has 0 unspecified atom stereocenters. The molecule has 0 saturated heterocycles. The van der Waals surface area contributed by atoms with E-state index in [9.17, 15) is 14.0 Å². The van der Waals surface area contributed by atoms with Gasteiger partial charge in [-0.3, -0.25) is 9.59 Å². The Balaban J connectivity index is 1.58. The van der Waals surface area contributed by atoms with Crippen molar-refractivity contribution >= 4 is 5.91 Å². The van der Waals surface area contributed by atoms with Crippen LogP contribution in [0.5, 0.6) is 5.75 Å². The first-order valence-electron chi connectivity index (χ1n) is 8.83. The molecule has 2 aromatic carbocycles. The van der Waals surface area contributed by atoms with E-state index in [2.05, 4.69) is 10.4 Å². The molecule has 0 fully saturated rings. The summed E-state index contributed by atoms with van der Waals surface area (Å²) < 4.78 is 19.4. The van der Waals surface area contributed by atoms with Crippen molar-refractivity contribution in [3.8, 4) is 17.0 Å². The van der Waals surface area contributed by atoms with Crippen molar-refractivity contribution < 1.29 is 13.9 Å². The van der Waals surface area contributed by atoms with Gasteiger partial charge >= 0.3 is 0 Å². The summed E-state index contributed by atoms with van der Waals surface area (Å²) in [5.41, 5.74) is 1.73. The summed E-state index contributed by atoms with van der Waals surface area (Å²) in [7, 11) is 1.60. The zero-order chi connectivity index (χ0) is 19.9. The molecule has 0 atom stereocenters. The molecule has 0 bridgehead atoms. The number of methoxy groups -OCH3 is 1. The topological polar surface area (TPSA) is 73.2 Å². The van der Waals surface area contributed by atoms with Crippen LogP contribution in [0.1, 0.15) is 16.8 Å². The zero-order valence-corrected chi connectivity index (χ0v) is 15.4. The average molecular weight is 381 g/mol. The third kappa shape index (κ3) is 4.82. The molecular weight excluding hydrogens is 361 g/mol. The SMILES string of the molecule is COc1ccc(-c2ccc(=O)n(CCCNC(=O)c3ccc(F)cc3)n2)cc1. The molecule has 6 nitrogen and oxygen atoms in total. The van der Waals surface area contributed by atoms with Crippen molar-refractivity contribution in [1.82, 2.24) is 15.1 Å². The summed E-state index contributed by atoms with van der Waals surface area (Å²) >= 11 is 0. The fourth-order valence-corrected chi connectivity index (χ4v) is 2.66. The molecule has 1 N–H and O–H groups in total. The standard InChI is InChI=1S/C21H20FN3O3/c1-28-18-9-5-15(6-10-18)19-11-12-20(26)25(24-19)14-2-13-23-21(27)16-3-7-17(22)8-4-16/h3-12H,2,13-14H2,1H3,(H,23,27). The van der Waals surface area contributed by atoms with Gasteiger partial charge in [0, 0.05) is 30.3 Å². The number of nitrogens with zero attached hydrogens (tertiary/aromatic N) is 2. The summed E-state index contributed by atoms with van der Waals surface area (Å²) in [4.78, 5) is 24.0. The molecule has 0 spiro atoms. The second-order valence-electron chi connectivity index (χ2n) is 6.12. The van der Waals surface area contributed by atoms with Crippen LogP contribution < -0.4 is 15.6 Å². The van der Waals surface area contributed by atoms with Gasteiger partial charge in [-0.05, 0) is 61.0 Å². The third-order valence-corrected chi connectivity index (χ3v) is 4.19. The van der Waals surface area contributed by atoms with Gasteiger partial charge in [0.2, 0.25) is 0 Å². The Bertz CT molecular complexity index is 999. The molecule has 0 radical (unpaired) electrons. The van der Waals surface area contributed by atoms with Crippen LogP contribution in [0.4, 0.5) is 4.39 Å². The lowest BCUT2D eigenvalue weighted by atomic mass is 10.1. The predicted molar refractivity (Wildman–Crippen MR) is 104 cm³/mol.